The molecule has 0 saturated carbocycles. The van der Waals surface area contributed by atoms with Gasteiger partial charge < -0.3 is 4.74 Å². The van der Waals surface area contributed by atoms with Crippen molar-refractivity contribution >= 4 is 60.5 Å². The molecule has 0 unspecified atom stereocenters. The van der Waals surface area contributed by atoms with Crippen molar-refractivity contribution in [3.63, 3.8) is 0 Å². The quantitative estimate of drug-likeness (QED) is 0.731. The molecule has 84 valence electrons. The van der Waals surface area contributed by atoms with Crippen molar-refractivity contribution in [2.45, 2.75) is 0 Å². The monoisotopic (exact) mass is 381 g/mol. The number of halogens is 2. The molecule has 2 heterocycles. The molecule has 7 heteroatoms. The molecule has 2 aromatic heterocycles. The van der Waals surface area contributed by atoms with Gasteiger partial charge in [-0.1, -0.05) is 0 Å². The topological polar surface area (TPSA) is 39.2 Å². The molecule has 0 aliphatic heterocycles. The molecule has 0 bridgehead atoms. The van der Waals surface area contributed by atoms with Gasteiger partial charge in [0.2, 0.25) is 0 Å². The third kappa shape index (κ3) is 2.37. The SMILES string of the molecule is COC(=O)c1csc(-c2cc(Br)c(Br)s2)n1. The number of carbonyl (C=O) groups is 1. The molecular weight excluding hydrogens is 378 g/mol. The molecule has 0 amide bonds. The van der Waals surface area contributed by atoms with Crippen molar-refractivity contribution in [1.82, 2.24) is 4.98 Å². The highest BCUT2D eigenvalue weighted by Gasteiger charge is 2.14. The Hall–Kier alpha value is -0.240. The summed E-state index contributed by atoms with van der Waals surface area (Å²) in [7, 11) is 1.35. The average Bonchev–Trinajstić information content (AvgIpc) is 2.86. The first-order chi connectivity index (χ1) is 7.61. The molecule has 3 nitrogen and oxygen atoms in total. The van der Waals surface area contributed by atoms with Crippen LogP contribution in [0.1, 0.15) is 10.5 Å². The van der Waals surface area contributed by atoms with Crippen molar-refractivity contribution < 1.29 is 9.53 Å². The van der Waals surface area contributed by atoms with Crippen LogP contribution in [0.2, 0.25) is 0 Å². The number of aromatic nitrogens is 1. The molecule has 0 saturated heterocycles. The van der Waals surface area contributed by atoms with Gasteiger partial charge in [0, 0.05) is 9.85 Å². The first-order valence-electron chi connectivity index (χ1n) is 4.11. The van der Waals surface area contributed by atoms with E-state index in [1.54, 1.807) is 16.7 Å². The normalized spacial score (nSPS) is 10.4. The predicted octanol–water partition coefficient (Wildman–Crippen LogP) is 4.18. The van der Waals surface area contributed by atoms with E-state index in [2.05, 4.69) is 41.6 Å². The van der Waals surface area contributed by atoms with Crippen LogP contribution in [-0.2, 0) is 4.74 Å². The first kappa shape index (κ1) is 12.2. The van der Waals surface area contributed by atoms with Gasteiger partial charge in [-0.05, 0) is 37.9 Å². The van der Waals surface area contributed by atoms with Crippen LogP contribution in [0, 0.1) is 0 Å². The Balaban J connectivity index is 2.35. The van der Waals surface area contributed by atoms with E-state index < -0.39 is 5.97 Å². The molecule has 2 aromatic rings. The van der Waals surface area contributed by atoms with Crippen LogP contribution in [0.4, 0.5) is 0 Å². The lowest BCUT2D eigenvalue weighted by Gasteiger charge is -1.91. The number of hydrogen-bond donors (Lipinski definition) is 0. The highest BCUT2D eigenvalue weighted by molar-refractivity contribution is 9.13. The molecule has 2 rings (SSSR count). The number of carbonyl (C=O) groups excluding carboxylic acids is 1. The molecule has 0 atom stereocenters. The van der Waals surface area contributed by atoms with Crippen LogP contribution in [-0.4, -0.2) is 18.1 Å². The Morgan fingerprint density at radius 3 is 2.81 bits per heavy atom. The lowest BCUT2D eigenvalue weighted by atomic mass is 10.4. The Kier molecular flexibility index (Phi) is 3.78. The van der Waals surface area contributed by atoms with Crippen molar-refractivity contribution in [2.75, 3.05) is 7.11 Å². The second kappa shape index (κ2) is 4.95. The fourth-order valence-corrected chi connectivity index (χ4v) is 3.92. The Morgan fingerprint density at radius 1 is 1.50 bits per heavy atom. The fourth-order valence-electron chi connectivity index (χ4n) is 1.04. The standard InChI is InChI=1S/C9H5Br2NO2S2/c1-14-9(13)5-3-15-8(12-5)6-2-4(10)7(11)16-6/h2-3H,1H3. The zero-order valence-corrected chi connectivity index (χ0v) is 12.8. The van der Waals surface area contributed by atoms with Crippen LogP contribution in [0.15, 0.2) is 19.7 Å². The van der Waals surface area contributed by atoms with E-state index in [0.717, 1.165) is 18.1 Å². The summed E-state index contributed by atoms with van der Waals surface area (Å²) in [6.07, 6.45) is 0. The van der Waals surface area contributed by atoms with Crippen LogP contribution in [0.25, 0.3) is 9.88 Å². The molecule has 0 spiro atoms. The maximum atomic E-state index is 11.2. The van der Waals surface area contributed by atoms with E-state index in [0.29, 0.717) is 5.69 Å². The molecule has 0 aliphatic rings. The summed E-state index contributed by atoms with van der Waals surface area (Å²) in [5.41, 5.74) is 0.350. The second-order valence-electron chi connectivity index (χ2n) is 2.76. The van der Waals surface area contributed by atoms with Crippen molar-refractivity contribution in [1.29, 1.82) is 0 Å². The number of methoxy groups -OCH3 is 1. The summed E-state index contributed by atoms with van der Waals surface area (Å²) < 4.78 is 6.60. The minimum Gasteiger partial charge on any atom is -0.464 e. The minimum atomic E-state index is -0.405. The van der Waals surface area contributed by atoms with Gasteiger partial charge in [-0.3, -0.25) is 0 Å². The summed E-state index contributed by atoms with van der Waals surface area (Å²) in [6, 6.07) is 1.97. The zero-order chi connectivity index (χ0) is 11.7. The van der Waals surface area contributed by atoms with Crippen molar-refractivity contribution in [3.05, 3.63) is 25.4 Å². The Bertz CT molecular complexity index is 516. The van der Waals surface area contributed by atoms with E-state index in [4.69, 9.17) is 0 Å². The van der Waals surface area contributed by atoms with E-state index in [-0.39, 0.29) is 0 Å². The number of ether oxygens (including phenoxy) is 1. The highest BCUT2D eigenvalue weighted by Crippen LogP contribution is 2.39. The van der Waals surface area contributed by atoms with Gasteiger partial charge in [-0.25, -0.2) is 9.78 Å². The zero-order valence-electron chi connectivity index (χ0n) is 7.99. The van der Waals surface area contributed by atoms with E-state index in [1.807, 2.05) is 6.07 Å². The second-order valence-corrected chi connectivity index (χ2v) is 6.84. The molecule has 0 fully saturated rings. The van der Waals surface area contributed by atoms with Gasteiger partial charge in [0.15, 0.2) is 5.69 Å². The number of thiophene rings is 1. The van der Waals surface area contributed by atoms with Crippen LogP contribution in [0.5, 0.6) is 0 Å². The third-order valence-corrected chi connectivity index (χ3v) is 6.02. The lowest BCUT2D eigenvalue weighted by Crippen LogP contribution is -2.00. The van der Waals surface area contributed by atoms with Gasteiger partial charge in [-0.15, -0.1) is 22.7 Å². The van der Waals surface area contributed by atoms with E-state index in [9.17, 15) is 4.79 Å². The van der Waals surface area contributed by atoms with Crippen molar-refractivity contribution in [2.24, 2.45) is 0 Å². The Labute approximate surface area is 117 Å². The summed E-state index contributed by atoms with van der Waals surface area (Å²) in [5, 5.41) is 2.51. The molecule has 0 N–H and O–H groups in total. The molecule has 0 radical (unpaired) electrons. The summed E-state index contributed by atoms with van der Waals surface area (Å²) in [5.74, 6) is -0.405. The summed E-state index contributed by atoms with van der Waals surface area (Å²) >= 11 is 9.82. The van der Waals surface area contributed by atoms with Gasteiger partial charge in [-0.2, -0.15) is 0 Å². The minimum absolute atomic E-state index is 0.350. The number of nitrogens with zero attached hydrogens (tertiary/aromatic N) is 1. The van der Waals surface area contributed by atoms with Crippen LogP contribution >= 0.6 is 54.5 Å². The Morgan fingerprint density at radius 2 is 2.25 bits per heavy atom. The molecule has 0 aromatic carbocycles. The average molecular weight is 383 g/mol. The lowest BCUT2D eigenvalue weighted by molar-refractivity contribution is 0.0595. The van der Waals surface area contributed by atoms with Gasteiger partial charge >= 0.3 is 5.97 Å². The van der Waals surface area contributed by atoms with Crippen LogP contribution < -0.4 is 0 Å². The third-order valence-electron chi connectivity index (χ3n) is 1.75. The smallest absolute Gasteiger partial charge is 0.357 e. The first-order valence-corrected chi connectivity index (χ1v) is 7.39. The largest absolute Gasteiger partial charge is 0.464 e. The van der Waals surface area contributed by atoms with Gasteiger partial charge in [0.05, 0.1) is 15.8 Å². The highest BCUT2D eigenvalue weighted by atomic mass is 79.9. The summed E-state index contributed by atoms with van der Waals surface area (Å²) in [4.78, 5) is 16.5. The number of rotatable bonds is 2. The summed E-state index contributed by atoms with van der Waals surface area (Å²) in [6.45, 7) is 0. The number of thiazole rings is 1. The maximum Gasteiger partial charge on any atom is 0.357 e. The predicted molar refractivity (Wildman–Crippen MR) is 72.2 cm³/mol. The van der Waals surface area contributed by atoms with Gasteiger partial charge in [0.1, 0.15) is 5.01 Å². The molecular formula is C9H5Br2NO2S2. The van der Waals surface area contributed by atoms with Crippen molar-refractivity contribution in [3.8, 4) is 9.88 Å². The number of esters is 1. The fraction of sp³-hybridized carbons (Fsp3) is 0.111. The molecule has 0 aliphatic carbocycles. The molecule has 16 heavy (non-hydrogen) atoms. The van der Waals surface area contributed by atoms with E-state index in [1.165, 1.54) is 18.4 Å². The maximum absolute atomic E-state index is 11.2. The number of hydrogen-bond acceptors (Lipinski definition) is 5. The van der Waals surface area contributed by atoms with Gasteiger partial charge in [0.25, 0.3) is 0 Å². The van der Waals surface area contributed by atoms with E-state index >= 15 is 0 Å². The van der Waals surface area contributed by atoms with Crippen LogP contribution in [0.3, 0.4) is 0 Å².